The van der Waals surface area contributed by atoms with E-state index in [1.165, 1.54) is 30.4 Å². The van der Waals surface area contributed by atoms with E-state index in [4.69, 9.17) is 0 Å². The Balaban J connectivity index is 1.82. The number of rotatable bonds is 4. The SMILES string of the molecule is C=C1C(=CC=C2CCC[C@]3(C)C([C@H](C)CC#CC(C)C)=CCC23)C[C]([Si](C)(C)C(C)(C)C)CC1[O]. The van der Waals surface area contributed by atoms with Crippen LogP contribution in [0.3, 0.4) is 0 Å². The van der Waals surface area contributed by atoms with Crippen LogP contribution in [0.2, 0.25) is 18.1 Å². The van der Waals surface area contributed by atoms with Gasteiger partial charge in [-0.3, -0.25) is 0 Å². The fraction of sp³-hybridized carbons (Fsp3) is 0.667. The quantitative estimate of drug-likeness (QED) is 0.212. The van der Waals surface area contributed by atoms with Gasteiger partial charge in [0.15, 0.2) is 0 Å². The Kier molecular flexibility index (Phi) is 8.55. The molecule has 3 rings (SSSR count). The fourth-order valence-electron chi connectivity index (χ4n) is 6.49. The first kappa shape index (κ1) is 28.3. The predicted molar refractivity (Wildman–Crippen MR) is 154 cm³/mol. The van der Waals surface area contributed by atoms with Gasteiger partial charge in [-0.05, 0) is 77.5 Å². The molecule has 192 valence electrons. The fourth-order valence-corrected chi connectivity index (χ4v) is 8.88. The number of hydrogen-bond acceptors (Lipinski definition) is 0. The third-order valence-corrected chi connectivity index (χ3v) is 15.7. The molecular formula is C33H50OSi. The van der Waals surface area contributed by atoms with E-state index in [2.05, 4.69) is 98.2 Å². The maximum absolute atomic E-state index is 13.0. The van der Waals surface area contributed by atoms with Crippen molar-refractivity contribution in [1.82, 2.24) is 0 Å². The second-order valence-corrected chi connectivity index (χ2v) is 19.1. The van der Waals surface area contributed by atoms with Gasteiger partial charge < -0.3 is 0 Å². The van der Waals surface area contributed by atoms with Gasteiger partial charge in [-0.1, -0.05) is 97.5 Å². The second kappa shape index (κ2) is 10.6. The Bertz CT molecular complexity index is 957. The minimum Gasteiger partial charge on any atom is -0.228 e. The highest BCUT2D eigenvalue weighted by Crippen LogP contribution is 2.57. The Hall–Kier alpha value is -1.30. The number of allylic oxidation sites excluding steroid dienone is 5. The second-order valence-electron chi connectivity index (χ2n) is 13.6. The zero-order valence-electron chi connectivity index (χ0n) is 24.1. The molecule has 2 heteroatoms. The summed E-state index contributed by atoms with van der Waals surface area (Å²) in [5.74, 6) is 8.34. The van der Waals surface area contributed by atoms with Crippen molar-refractivity contribution in [1.29, 1.82) is 0 Å². The molecule has 1 nitrogen and oxygen atoms in total. The molecule has 0 aliphatic heterocycles. The van der Waals surface area contributed by atoms with Gasteiger partial charge in [0.25, 0.3) is 0 Å². The van der Waals surface area contributed by atoms with E-state index >= 15 is 0 Å². The summed E-state index contributed by atoms with van der Waals surface area (Å²) in [6.07, 6.45) is 14.0. The summed E-state index contributed by atoms with van der Waals surface area (Å²) in [6, 6.07) is 0. The summed E-state index contributed by atoms with van der Waals surface area (Å²) in [6.45, 7) is 25.4. The molecule has 4 atom stereocenters. The molecule has 35 heavy (non-hydrogen) atoms. The van der Waals surface area contributed by atoms with Crippen LogP contribution in [0.1, 0.15) is 93.4 Å². The van der Waals surface area contributed by atoms with E-state index in [0.29, 0.717) is 24.2 Å². The van der Waals surface area contributed by atoms with Crippen molar-refractivity contribution < 1.29 is 5.11 Å². The highest BCUT2D eigenvalue weighted by molar-refractivity contribution is 6.85. The van der Waals surface area contributed by atoms with E-state index in [-0.39, 0.29) is 10.5 Å². The Morgan fingerprint density at radius 2 is 1.91 bits per heavy atom. The third kappa shape index (κ3) is 5.83. The van der Waals surface area contributed by atoms with Crippen molar-refractivity contribution in [2.75, 3.05) is 0 Å². The van der Waals surface area contributed by atoms with Crippen LogP contribution in [-0.2, 0) is 5.11 Å². The Labute approximate surface area is 218 Å². The van der Waals surface area contributed by atoms with E-state index in [0.717, 1.165) is 24.8 Å². The van der Waals surface area contributed by atoms with Crippen LogP contribution in [0.5, 0.6) is 0 Å². The van der Waals surface area contributed by atoms with Crippen molar-refractivity contribution in [3.05, 3.63) is 52.6 Å². The zero-order chi connectivity index (χ0) is 26.2. The lowest BCUT2D eigenvalue weighted by atomic mass is 9.62. The van der Waals surface area contributed by atoms with Gasteiger partial charge in [-0.15, -0.1) is 11.8 Å². The molecule has 0 aromatic rings. The summed E-state index contributed by atoms with van der Waals surface area (Å²) < 4.78 is 0. The first-order valence-electron chi connectivity index (χ1n) is 14.0. The van der Waals surface area contributed by atoms with Crippen LogP contribution in [0.25, 0.3) is 0 Å². The molecule has 2 saturated carbocycles. The third-order valence-electron chi connectivity index (χ3n) is 9.84. The van der Waals surface area contributed by atoms with Crippen molar-refractivity contribution in [3.63, 3.8) is 0 Å². The maximum Gasteiger partial charge on any atom is 0.118 e. The maximum atomic E-state index is 13.0. The van der Waals surface area contributed by atoms with E-state index in [1.54, 1.807) is 11.1 Å². The zero-order valence-corrected chi connectivity index (χ0v) is 25.1. The number of fused-ring (bicyclic) bond motifs is 1. The van der Waals surface area contributed by atoms with Gasteiger partial charge in [0.05, 0.1) is 8.07 Å². The number of hydrogen-bond donors (Lipinski definition) is 0. The summed E-state index contributed by atoms with van der Waals surface area (Å²) >= 11 is 0. The predicted octanol–water partition coefficient (Wildman–Crippen LogP) is 9.43. The van der Waals surface area contributed by atoms with Crippen LogP contribution < -0.4 is 0 Å². The van der Waals surface area contributed by atoms with Crippen molar-refractivity contribution in [3.8, 4) is 11.8 Å². The lowest BCUT2D eigenvalue weighted by molar-refractivity contribution is 0.114. The normalized spacial score (nSPS) is 31.4. The van der Waals surface area contributed by atoms with Gasteiger partial charge in [-0.2, -0.15) is 0 Å². The minimum absolute atomic E-state index is 0.255. The molecule has 0 saturated heterocycles. The molecule has 2 radical (unpaired) electrons. The van der Waals surface area contributed by atoms with Gasteiger partial charge in [0, 0.05) is 12.3 Å². The molecule has 0 N–H and O–H groups in total. The minimum atomic E-state index is -1.66. The lowest BCUT2D eigenvalue weighted by Gasteiger charge is -2.46. The molecule has 2 unspecified atom stereocenters. The summed E-state index contributed by atoms with van der Waals surface area (Å²) in [4.78, 5) is 0. The summed E-state index contributed by atoms with van der Waals surface area (Å²) in [5, 5.41) is 13.3. The van der Waals surface area contributed by atoms with E-state index in [9.17, 15) is 5.11 Å². The highest BCUT2D eigenvalue weighted by atomic mass is 28.3. The molecule has 0 heterocycles. The van der Waals surface area contributed by atoms with Crippen LogP contribution in [-0.4, -0.2) is 14.2 Å². The molecule has 2 fully saturated rings. The molecule has 3 aliphatic rings. The molecule has 0 spiro atoms. The summed E-state index contributed by atoms with van der Waals surface area (Å²) in [7, 11) is -1.66. The molecular weight excluding hydrogens is 440 g/mol. The van der Waals surface area contributed by atoms with Crippen LogP contribution in [0.4, 0.5) is 0 Å². The van der Waals surface area contributed by atoms with Crippen molar-refractivity contribution in [2.24, 2.45) is 23.2 Å². The average Bonchev–Trinajstić information content (AvgIpc) is 3.11. The Morgan fingerprint density at radius 3 is 2.54 bits per heavy atom. The smallest absolute Gasteiger partial charge is 0.118 e. The molecule has 0 amide bonds. The van der Waals surface area contributed by atoms with Gasteiger partial charge in [0.2, 0.25) is 0 Å². The summed E-state index contributed by atoms with van der Waals surface area (Å²) in [5.41, 5.74) is 7.01. The van der Waals surface area contributed by atoms with E-state index in [1.807, 2.05) is 0 Å². The first-order chi connectivity index (χ1) is 16.2. The highest BCUT2D eigenvalue weighted by Gasteiger charge is 2.47. The first-order valence-corrected chi connectivity index (χ1v) is 17.0. The van der Waals surface area contributed by atoms with E-state index < -0.39 is 14.2 Å². The monoisotopic (exact) mass is 490 g/mol. The molecule has 3 aliphatic carbocycles. The van der Waals surface area contributed by atoms with Crippen molar-refractivity contribution in [2.45, 2.75) is 118 Å². The van der Waals surface area contributed by atoms with Gasteiger partial charge in [0.1, 0.15) is 6.10 Å². The average molecular weight is 491 g/mol. The van der Waals surface area contributed by atoms with Crippen LogP contribution >= 0.6 is 0 Å². The topological polar surface area (TPSA) is 19.9 Å². The van der Waals surface area contributed by atoms with Crippen molar-refractivity contribution >= 4 is 8.07 Å². The lowest BCUT2D eigenvalue weighted by Crippen LogP contribution is -2.47. The molecule has 0 aromatic heterocycles. The molecule has 0 bridgehead atoms. The van der Waals surface area contributed by atoms with Crippen LogP contribution in [0.15, 0.2) is 47.1 Å². The van der Waals surface area contributed by atoms with Gasteiger partial charge >= 0.3 is 0 Å². The standard InChI is InChI=1S/C33H50OSi/c1-23(2)13-11-14-24(3)29-18-19-30-26(15-12-20-33(29,30)8)16-17-27-21-28(22-31(34)25(27)4)35(9,10)32(5,6)7/h16-18,23-24,30-31H,4,12,14-15,19-22H2,1-3,5-10H3/t24-,30?,31?,33-/m1/s1. The van der Waals surface area contributed by atoms with Crippen LogP contribution in [0, 0.1) is 40.6 Å². The largest absolute Gasteiger partial charge is 0.228 e. The molecule has 0 aromatic carbocycles. The van der Waals surface area contributed by atoms with Gasteiger partial charge in [-0.25, -0.2) is 5.11 Å². The Morgan fingerprint density at radius 1 is 1.23 bits per heavy atom.